The largest absolute Gasteiger partial charge is 0.464 e. The van der Waals surface area contributed by atoms with E-state index in [1.54, 1.807) is 0 Å². The van der Waals surface area contributed by atoms with Crippen LogP contribution in [-0.4, -0.2) is 33.7 Å². The summed E-state index contributed by atoms with van der Waals surface area (Å²) in [4.78, 5) is 15.3. The van der Waals surface area contributed by atoms with E-state index in [-0.39, 0.29) is 11.5 Å². The standard InChI is InChI=1S/C10H12F2IN3O2/c1-13-10(11,12)9-15-7(8(17)18-2)6-5-14-3-4-16(6)9/h14H,1,3-5H2,2H3. The molecule has 5 nitrogen and oxygen atoms in total. The minimum Gasteiger partial charge on any atom is -0.464 e. The fraction of sp³-hybridized carbons (Fsp3) is 0.500. The van der Waals surface area contributed by atoms with Crippen LogP contribution in [-0.2, 0) is 21.8 Å². The Morgan fingerprint density at radius 3 is 3.00 bits per heavy atom. The fourth-order valence-electron chi connectivity index (χ4n) is 1.84. The van der Waals surface area contributed by atoms with E-state index in [1.165, 1.54) is 11.7 Å². The summed E-state index contributed by atoms with van der Waals surface area (Å²) in [6.07, 6.45) is 0. The van der Waals surface area contributed by atoms with E-state index >= 15 is 0 Å². The molecule has 1 N–H and O–H groups in total. The molecule has 0 aliphatic carbocycles. The van der Waals surface area contributed by atoms with Crippen LogP contribution in [0.15, 0.2) is 0 Å². The summed E-state index contributed by atoms with van der Waals surface area (Å²) >= 11 is -1.58. The molecule has 0 saturated carbocycles. The summed E-state index contributed by atoms with van der Waals surface area (Å²) in [6, 6.07) is 0. The van der Waals surface area contributed by atoms with Crippen molar-refractivity contribution in [3.8, 4) is 0 Å². The lowest BCUT2D eigenvalue weighted by atomic mass is 10.2. The van der Waals surface area contributed by atoms with Gasteiger partial charge in [0.1, 0.15) is 0 Å². The molecule has 0 amide bonds. The molecule has 0 saturated heterocycles. The van der Waals surface area contributed by atoms with Crippen molar-refractivity contribution in [2.75, 3.05) is 13.7 Å². The molecule has 8 heteroatoms. The second-order valence-corrected chi connectivity index (χ2v) is 5.80. The molecule has 2 heterocycles. The first-order chi connectivity index (χ1) is 8.51. The average Bonchev–Trinajstić information content (AvgIpc) is 2.78. The Hall–Kier alpha value is -0.900. The maximum Gasteiger partial charge on any atom is 0.358 e. The number of carbonyl (C=O) groups excluding carboxylic acids is 1. The number of methoxy groups -OCH3 is 1. The van der Waals surface area contributed by atoms with Gasteiger partial charge in [0.15, 0.2) is 11.5 Å². The minimum absolute atomic E-state index is 0.0307. The number of fused-ring (bicyclic) bond motifs is 1. The molecule has 0 atom stereocenters. The summed E-state index contributed by atoms with van der Waals surface area (Å²) < 4.78 is 33.8. The van der Waals surface area contributed by atoms with Gasteiger partial charge in [0, 0.05) is 19.6 Å². The van der Waals surface area contributed by atoms with Crippen LogP contribution in [0.5, 0.6) is 0 Å². The van der Waals surface area contributed by atoms with Gasteiger partial charge < -0.3 is 14.6 Å². The monoisotopic (exact) mass is 371 g/mol. The lowest BCUT2D eigenvalue weighted by molar-refractivity contribution is 0.0592. The Bertz CT molecular complexity index is 502. The molecule has 2 rings (SSSR count). The highest BCUT2D eigenvalue weighted by atomic mass is 127. The number of nitrogens with one attached hydrogen (secondary N) is 1. The zero-order valence-electron chi connectivity index (χ0n) is 9.67. The van der Waals surface area contributed by atoms with Gasteiger partial charge in [-0.25, -0.2) is 9.78 Å². The second kappa shape index (κ2) is 5.00. The summed E-state index contributed by atoms with van der Waals surface area (Å²) in [5, 5.41) is 3.02. The van der Waals surface area contributed by atoms with Gasteiger partial charge in [0.2, 0.25) is 0 Å². The molecule has 0 radical (unpaired) electrons. The predicted octanol–water partition coefficient (Wildman–Crippen LogP) is 1.22. The summed E-state index contributed by atoms with van der Waals surface area (Å²) in [6.45, 7) is 1.28. The zero-order valence-corrected chi connectivity index (χ0v) is 11.8. The smallest absolute Gasteiger partial charge is 0.358 e. The van der Waals surface area contributed by atoms with Gasteiger partial charge in [-0.3, -0.25) is 0 Å². The molecular formula is C10H12F2IN3O2. The Morgan fingerprint density at radius 2 is 2.39 bits per heavy atom. The molecule has 1 aliphatic rings. The third-order valence-electron chi connectivity index (χ3n) is 2.68. The number of ether oxygens (including phenoxy) is 1. The summed E-state index contributed by atoms with van der Waals surface area (Å²) in [5.41, 5.74) is 0.428. The highest BCUT2D eigenvalue weighted by Gasteiger charge is 2.38. The molecule has 0 fully saturated rings. The topological polar surface area (TPSA) is 56.1 Å². The van der Waals surface area contributed by atoms with Gasteiger partial charge >= 0.3 is 9.90 Å². The number of aromatic nitrogens is 2. The lowest BCUT2D eigenvalue weighted by Gasteiger charge is -2.20. The van der Waals surface area contributed by atoms with Gasteiger partial charge in [-0.15, -0.1) is 0 Å². The number of hydrogen-bond donors (Lipinski definition) is 1. The van der Waals surface area contributed by atoms with Gasteiger partial charge in [-0.2, -0.15) is 8.78 Å². The predicted molar refractivity (Wildman–Crippen MR) is 70.3 cm³/mol. The van der Waals surface area contributed by atoms with Crippen LogP contribution in [0.4, 0.5) is 8.78 Å². The maximum atomic E-state index is 13.8. The Labute approximate surface area is 112 Å². The molecular weight excluding hydrogens is 359 g/mol. The van der Waals surface area contributed by atoms with Crippen molar-refractivity contribution in [2.24, 2.45) is 0 Å². The van der Waals surface area contributed by atoms with Crippen LogP contribution < -0.4 is 5.32 Å². The van der Waals surface area contributed by atoms with Gasteiger partial charge in [-0.05, 0) is 20.7 Å². The van der Waals surface area contributed by atoms with E-state index in [4.69, 9.17) is 0 Å². The number of alkyl halides is 3. The maximum absolute atomic E-state index is 13.8. The average molecular weight is 371 g/mol. The van der Waals surface area contributed by atoms with Crippen LogP contribution in [0.3, 0.4) is 0 Å². The molecule has 0 unspecified atom stereocenters. The van der Waals surface area contributed by atoms with Crippen molar-refractivity contribution in [1.82, 2.24) is 14.9 Å². The lowest BCUT2D eigenvalue weighted by Crippen LogP contribution is -2.31. The molecule has 18 heavy (non-hydrogen) atoms. The molecule has 0 aromatic carbocycles. The van der Waals surface area contributed by atoms with Crippen LogP contribution in [0.2, 0.25) is 0 Å². The third kappa shape index (κ3) is 2.18. The first-order valence-corrected chi connectivity index (χ1v) is 7.78. The van der Waals surface area contributed by atoms with E-state index in [9.17, 15) is 13.6 Å². The van der Waals surface area contributed by atoms with E-state index < -0.39 is 30.6 Å². The summed E-state index contributed by atoms with van der Waals surface area (Å²) in [7, 11) is 1.20. The Kier molecular flexibility index (Phi) is 3.76. The first-order valence-electron chi connectivity index (χ1n) is 5.17. The highest BCUT2D eigenvalue weighted by molar-refractivity contribution is 14.2. The SMILES string of the molecule is C=IC(F)(F)c1nc(C(=O)OC)c2n1CCNC2. The van der Waals surface area contributed by atoms with Gasteiger partial charge in [0.25, 0.3) is 0 Å². The third-order valence-corrected chi connectivity index (χ3v) is 4.12. The van der Waals surface area contributed by atoms with Crippen molar-refractivity contribution in [2.45, 2.75) is 17.0 Å². The van der Waals surface area contributed by atoms with Crippen LogP contribution in [0.1, 0.15) is 22.0 Å². The Balaban J connectivity index is 2.58. The summed E-state index contributed by atoms with van der Waals surface area (Å²) in [5.74, 6) is -1.05. The van der Waals surface area contributed by atoms with E-state index in [0.29, 0.717) is 25.3 Å². The van der Waals surface area contributed by atoms with Crippen LogP contribution in [0, 0.1) is 0 Å². The van der Waals surface area contributed by atoms with Crippen LogP contribution >= 0.6 is 20.7 Å². The molecule has 100 valence electrons. The van der Waals surface area contributed by atoms with Crippen molar-refractivity contribution >= 4 is 31.2 Å². The van der Waals surface area contributed by atoms with Crippen molar-refractivity contribution in [3.63, 3.8) is 0 Å². The van der Waals surface area contributed by atoms with E-state index in [2.05, 4.69) is 19.6 Å². The minimum atomic E-state index is -3.03. The highest BCUT2D eigenvalue weighted by Crippen LogP contribution is 2.39. The molecule has 0 spiro atoms. The molecule has 1 aromatic heterocycles. The number of nitrogens with zero attached hydrogens (tertiary/aromatic N) is 2. The van der Waals surface area contributed by atoms with Crippen molar-refractivity contribution in [1.29, 1.82) is 0 Å². The van der Waals surface area contributed by atoms with E-state index in [0.717, 1.165) is 0 Å². The zero-order chi connectivity index (χ0) is 13.3. The number of carbonyl (C=O) groups is 1. The number of hydrogen-bond acceptors (Lipinski definition) is 4. The van der Waals surface area contributed by atoms with Gasteiger partial charge in [0.05, 0.1) is 12.8 Å². The Morgan fingerprint density at radius 1 is 1.67 bits per heavy atom. The number of halogens is 3. The fourth-order valence-corrected chi connectivity index (χ4v) is 2.59. The quantitative estimate of drug-likeness (QED) is 0.494. The van der Waals surface area contributed by atoms with Crippen LogP contribution in [0.25, 0.3) is 0 Å². The van der Waals surface area contributed by atoms with Gasteiger partial charge in [-0.1, -0.05) is 4.51 Å². The van der Waals surface area contributed by atoms with Crippen molar-refractivity contribution < 1.29 is 18.3 Å². The molecule has 0 bridgehead atoms. The normalized spacial score (nSPS) is 15.3. The number of rotatable bonds is 3. The molecule has 1 aliphatic heterocycles. The van der Waals surface area contributed by atoms with E-state index in [1.807, 2.05) is 0 Å². The van der Waals surface area contributed by atoms with Crippen molar-refractivity contribution in [3.05, 3.63) is 17.2 Å². The second-order valence-electron chi connectivity index (χ2n) is 3.68. The first kappa shape index (κ1) is 13.5. The molecule has 1 aromatic rings. The number of esters is 1. The number of imidazole rings is 1.